The number of benzene rings is 1. The van der Waals surface area contributed by atoms with Crippen molar-refractivity contribution in [3.63, 3.8) is 0 Å². The van der Waals surface area contributed by atoms with Crippen LogP contribution in [-0.2, 0) is 12.8 Å². The Hall–Kier alpha value is -1.51. The van der Waals surface area contributed by atoms with Crippen LogP contribution in [0.5, 0.6) is 5.75 Å². The molecule has 1 rings (SSSR count). The second kappa shape index (κ2) is 7.82. The molecule has 0 heterocycles. The highest BCUT2D eigenvalue weighted by molar-refractivity contribution is 5.86. The Bertz CT molecular complexity index is 425. The van der Waals surface area contributed by atoms with E-state index >= 15 is 0 Å². The molecule has 0 radical (unpaired) electrons. The quantitative estimate of drug-likeness (QED) is 0.464. The van der Waals surface area contributed by atoms with Crippen LogP contribution in [0.4, 0.5) is 0 Å². The predicted molar refractivity (Wildman–Crippen MR) is 81.8 cm³/mol. The summed E-state index contributed by atoms with van der Waals surface area (Å²) in [7, 11) is 1.72. The predicted octanol–water partition coefficient (Wildman–Crippen LogP) is 3.55. The zero-order valence-corrected chi connectivity index (χ0v) is 12.6. The van der Waals surface area contributed by atoms with E-state index in [4.69, 9.17) is 10.6 Å². The molecule has 1 aromatic rings. The Labute approximate surface area is 116 Å². The molecule has 3 heteroatoms. The van der Waals surface area contributed by atoms with Crippen LogP contribution in [0.1, 0.15) is 44.7 Å². The highest BCUT2D eigenvalue weighted by Crippen LogP contribution is 2.23. The molecular weight excluding hydrogens is 236 g/mol. The van der Waals surface area contributed by atoms with Gasteiger partial charge in [0.2, 0.25) is 0 Å². The maximum absolute atomic E-state index is 5.44. The Balaban J connectivity index is 2.91. The Morgan fingerprint density at radius 2 is 2.11 bits per heavy atom. The number of nitrogens with zero attached hydrogens (tertiary/aromatic N) is 1. The fourth-order valence-electron chi connectivity index (χ4n) is 2.26. The van der Waals surface area contributed by atoms with E-state index < -0.39 is 0 Å². The molecule has 0 spiro atoms. The van der Waals surface area contributed by atoms with Gasteiger partial charge < -0.3 is 10.6 Å². The minimum atomic E-state index is 0.613. The summed E-state index contributed by atoms with van der Waals surface area (Å²) in [5.74, 6) is 7.03. The molecule has 2 N–H and O–H groups in total. The van der Waals surface area contributed by atoms with E-state index in [1.54, 1.807) is 7.11 Å². The fraction of sp³-hybridized carbons (Fsp3) is 0.562. The van der Waals surface area contributed by atoms with Crippen LogP contribution in [0, 0.1) is 5.92 Å². The van der Waals surface area contributed by atoms with E-state index in [0.717, 1.165) is 37.1 Å². The summed E-state index contributed by atoms with van der Waals surface area (Å²) < 4.78 is 5.43. The number of hydrogen-bond acceptors (Lipinski definition) is 3. The molecule has 0 amide bonds. The Kier molecular flexibility index (Phi) is 6.40. The monoisotopic (exact) mass is 262 g/mol. The summed E-state index contributed by atoms with van der Waals surface area (Å²) in [6.45, 7) is 6.58. The second-order valence-electron chi connectivity index (χ2n) is 5.37. The maximum atomic E-state index is 5.44. The first-order valence-corrected chi connectivity index (χ1v) is 7.02. The summed E-state index contributed by atoms with van der Waals surface area (Å²) in [4.78, 5) is 0. The molecule has 0 aliphatic carbocycles. The van der Waals surface area contributed by atoms with E-state index in [1.165, 1.54) is 11.1 Å². The molecular formula is C16H26N2O. The van der Waals surface area contributed by atoms with Crippen molar-refractivity contribution in [2.45, 2.75) is 46.5 Å². The van der Waals surface area contributed by atoms with Crippen LogP contribution >= 0.6 is 0 Å². The van der Waals surface area contributed by atoms with Gasteiger partial charge in [-0.1, -0.05) is 39.3 Å². The van der Waals surface area contributed by atoms with E-state index in [9.17, 15) is 0 Å². The van der Waals surface area contributed by atoms with Crippen LogP contribution in [0.15, 0.2) is 23.3 Å². The lowest BCUT2D eigenvalue weighted by atomic mass is 9.97. The molecule has 0 aliphatic heterocycles. The van der Waals surface area contributed by atoms with Gasteiger partial charge in [-0.3, -0.25) is 0 Å². The van der Waals surface area contributed by atoms with Crippen LogP contribution in [-0.4, -0.2) is 12.8 Å². The van der Waals surface area contributed by atoms with Gasteiger partial charge in [0, 0.05) is 12.1 Å². The number of methoxy groups -OCH3 is 1. The molecule has 0 unspecified atom stereocenters. The SMILES string of the molecule is CCC/C(Cc1ccc(OC)c(CC(C)C)c1)=N\N. The van der Waals surface area contributed by atoms with Crippen molar-refractivity contribution in [3.8, 4) is 5.75 Å². The molecule has 0 aliphatic rings. The molecule has 0 saturated heterocycles. The second-order valence-corrected chi connectivity index (χ2v) is 5.37. The maximum Gasteiger partial charge on any atom is 0.122 e. The van der Waals surface area contributed by atoms with Crippen molar-refractivity contribution in [2.24, 2.45) is 16.9 Å². The minimum Gasteiger partial charge on any atom is -0.496 e. The number of hydrogen-bond donors (Lipinski definition) is 1. The van der Waals surface area contributed by atoms with Gasteiger partial charge in [0.1, 0.15) is 5.75 Å². The first kappa shape index (κ1) is 15.5. The van der Waals surface area contributed by atoms with Crippen LogP contribution in [0.25, 0.3) is 0 Å². The van der Waals surface area contributed by atoms with Crippen molar-refractivity contribution >= 4 is 5.71 Å². The molecule has 0 fully saturated rings. The first-order chi connectivity index (χ1) is 9.10. The van der Waals surface area contributed by atoms with Crippen LogP contribution < -0.4 is 10.6 Å². The van der Waals surface area contributed by atoms with Gasteiger partial charge >= 0.3 is 0 Å². The van der Waals surface area contributed by atoms with Crippen molar-refractivity contribution in [3.05, 3.63) is 29.3 Å². The lowest BCUT2D eigenvalue weighted by Crippen LogP contribution is -2.07. The number of ether oxygens (including phenoxy) is 1. The molecule has 1 aromatic carbocycles. The number of nitrogens with two attached hydrogens (primary N) is 1. The Morgan fingerprint density at radius 1 is 1.37 bits per heavy atom. The average Bonchev–Trinajstić information content (AvgIpc) is 2.38. The molecule has 0 saturated carbocycles. The van der Waals surface area contributed by atoms with Crippen molar-refractivity contribution in [2.75, 3.05) is 7.11 Å². The van der Waals surface area contributed by atoms with Crippen molar-refractivity contribution < 1.29 is 4.74 Å². The van der Waals surface area contributed by atoms with Gasteiger partial charge in [0.15, 0.2) is 0 Å². The molecule has 3 nitrogen and oxygen atoms in total. The van der Waals surface area contributed by atoms with Crippen molar-refractivity contribution in [1.82, 2.24) is 0 Å². The smallest absolute Gasteiger partial charge is 0.122 e. The van der Waals surface area contributed by atoms with E-state index in [1.807, 2.05) is 6.07 Å². The summed E-state index contributed by atoms with van der Waals surface area (Å²) in [5.41, 5.74) is 3.58. The van der Waals surface area contributed by atoms with Gasteiger partial charge in [-0.05, 0) is 36.0 Å². The van der Waals surface area contributed by atoms with Gasteiger partial charge in [-0.2, -0.15) is 5.10 Å². The summed E-state index contributed by atoms with van der Waals surface area (Å²) in [6, 6.07) is 6.37. The molecule has 0 aromatic heterocycles. The summed E-state index contributed by atoms with van der Waals surface area (Å²) >= 11 is 0. The highest BCUT2D eigenvalue weighted by atomic mass is 16.5. The van der Waals surface area contributed by atoms with Crippen LogP contribution in [0.2, 0.25) is 0 Å². The van der Waals surface area contributed by atoms with E-state index in [-0.39, 0.29) is 0 Å². The topological polar surface area (TPSA) is 47.6 Å². The Morgan fingerprint density at radius 3 is 2.63 bits per heavy atom. The van der Waals surface area contributed by atoms with Gasteiger partial charge in [0.25, 0.3) is 0 Å². The number of rotatable bonds is 7. The molecule has 19 heavy (non-hydrogen) atoms. The zero-order chi connectivity index (χ0) is 14.3. The molecule has 0 bridgehead atoms. The largest absolute Gasteiger partial charge is 0.496 e. The fourth-order valence-corrected chi connectivity index (χ4v) is 2.26. The van der Waals surface area contributed by atoms with Gasteiger partial charge in [-0.25, -0.2) is 0 Å². The summed E-state index contributed by atoms with van der Waals surface area (Å²) in [5, 5.41) is 3.89. The zero-order valence-electron chi connectivity index (χ0n) is 12.6. The summed E-state index contributed by atoms with van der Waals surface area (Å²) in [6.07, 6.45) is 3.90. The van der Waals surface area contributed by atoms with Gasteiger partial charge in [0.05, 0.1) is 7.11 Å². The molecule has 0 atom stereocenters. The van der Waals surface area contributed by atoms with E-state index in [0.29, 0.717) is 5.92 Å². The lowest BCUT2D eigenvalue weighted by molar-refractivity contribution is 0.406. The van der Waals surface area contributed by atoms with Gasteiger partial charge in [-0.15, -0.1) is 0 Å². The standard InChI is InChI=1S/C16H26N2O/c1-5-6-15(18-17)11-13-7-8-16(19-4)14(10-13)9-12(2)3/h7-8,10,12H,5-6,9,11,17H2,1-4H3/b18-15+. The first-order valence-electron chi connectivity index (χ1n) is 7.02. The van der Waals surface area contributed by atoms with Crippen molar-refractivity contribution in [1.29, 1.82) is 0 Å². The third-order valence-corrected chi connectivity index (χ3v) is 3.10. The number of hydrazone groups is 1. The molecule has 106 valence electrons. The van der Waals surface area contributed by atoms with E-state index in [2.05, 4.69) is 38.0 Å². The van der Waals surface area contributed by atoms with Crippen LogP contribution in [0.3, 0.4) is 0 Å². The lowest BCUT2D eigenvalue weighted by Gasteiger charge is -2.13. The third-order valence-electron chi connectivity index (χ3n) is 3.10. The average molecular weight is 262 g/mol. The normalized spacial score (nSPS) is 11.9. The highest BCUT2D eigenvalue weighted by Gasteiger charge is 2.08. The third kappa shape index (κ3) is 4.93. The minimum absolute atomic E-state index is 0.613.